The lowest BCUT2D eigenvalue weighted by Gasteiger charge is -2.35. The topological polar surface area (TPSA) is 78.5 Å². The Kier molecular flexibility index (Phi) is 6.78. The van der Waals surface area contributed by atoms with Gasteiger partial charge in [0.2, 0.25) is 0 Å². The molecule has 0 bridgehead atoms. The van der Waals surface area contributed by atoms with Crippen molar-refractivity contribution in [1.29, 1.82) is 0 Å². The zero-order valence-electron chi connectivity index (χ0n) is 17.6. The summed E-state index contributed by atoms with van der Waals surface area (Å²) in [6, 6.07) is 6.66. The van der Waals surface area contributed by atoms with Crippen molar-refractivity contribution >= 4 is 15.7 Å². The number of halogens is 3. The van der Waals surface area contributed by atoms with Crippen LogP contribution in [0.5, 0.6) is 0 Å². The highest BCUT2D eigenvalue weighted by Gasteiger charge is 2.51. The van der Waals surface area contributed by atoms with Gasteiger partial charge in [-0.25, -0.2) is 13.4 Å². The SMILES string of the molecule is O=S(=O)(N1Cc2ccccc2N(Cc2cnc[nH]2)[C@@H](CCC2CCOCC2)C1)C(F)(F)F. The van der Waals surface area contributed by atoms with Gasteiger partial charge in [-0.1, -0.05) is 18.2 Å². The smallest absolute Gasteiger partial charge is 0.381 e. The highest BCUT2D eigenvalue weighted by molar-refractivity contribution is 7.89. The Morgan fingerprint density at radius 1 is 1.16 bits per heavy atom. The van der Waals surface area contributed by atoms with Gasteiger partial charge in [0.05, 0.1) is 18.6 Å². The normalized spacial score (nSPS) is 21.3. The molecule has 32 heavy (non-hydrogen) atoms. The fraction of sp³-hybridized carbons (Fsp3) is 0.571. The number of fused-ring (bicyclic) bond motifs is 1. The number of alkyl halides is 3. The molecular formula is C21H27F3N4O3S. The van der Waals surface area contributed by atoms with Crippen molar-refractivity contribution in [3.8, 4) is 0 Å². The third kappa shape index (κ3) is 4.94. The van der Waals surface area contributed by atoms with Gasteiger partial charge in [-0.15, -0.1) is 0 Å². The Bertz CT molecular complexity index is 992. The summed E-state index contributed by atoms with van der Waals surface area (Å²) >= 11 is 0. The number of hydrogen-bond donors (Lipinski definition) is 1. The molecular weight excluding hydrogens is 445 g/mol. The number of sulfonamides is 1. The molecule has 2 aliphatic heterocycles. The molecule has 1 N–H and O–H groups in total. The molecule has 1 saturated heterocycles. The highest BCUT2D eigenvalue weighted by atomic mass is 32.2. The number of hydrogen-bond acceptors (Lipinski definition) is 5. The number of anilines is 1. The number of H-pyrrole nitrogens is 1. The first-order valence-corrected chi connectivity index (χ1v) is 12.2. The number of rotatable bonds is 6. The van der Waals surface area contributed by atoms with Gasteiger partial charge in [-0.2, -0.15) is 17.5 Å². The predicted octanol–water partition coefficient (Wildman–Crippen LogP) is 3.66. The van der Waals surface area contributed by atoms with Crippen LogP contribution in [0.3, 0.4) is 0 Å². The molecule has 0 saturated carbocycles. The van der Waals surface area contributed by atoms with Gasteiger partial charge >= 0.3 is 15.5 Å². The Balaban J connectivity index is 1.68. The van der Waals surface area contributed by atoms with Gasteiger partial charge in [0.15, 0.2) is 0 Å². The van der Waals surface area contributed by atoms with Crippen LogP contribution in [0.15, 0.2) is 36.8 Å². The fourth-order valence-corrected chi connectivity index (χ4v) is 5.49. The van der Waals surface area contributed by atoms with Crippen molar-refractivity contribution in [3.63, 3.8) is 0 Å². The monoisotopic (exact) mass is 472 g/mol. The molecule has 2 aliphatic rings. The van der Waals surface area contributed by atoms with E-state index in [0.717, 1.165) is 30.6 Å². The Labute approximate surface area is 185 Å². The third-order valence-electron chi connectivity index (χ3n) is 6.28. The molecule has 0 spiro atoms. The summed E-state index contributed by atoms with van der Waals surface area (Å²) in [5.41, 5.74) is -3.23. The molecule has 1 atom stereocenters. The minimum Gasteiger partial charge on any atom is -0.381 e. The first-order chi connectivity index (χ1) is 15.3. The van der Waals surface area contributed by atoms with Crippen LogP contribution in [-0.2, 0) is 27.8 Å². The zero-order chi connectivity index (χ0) is 22.8. The third-order valence-corrected chi connectivity index (χ3v) is 7.82. The van der Waals surface area contributed by atoms with Crippen LogP contribution < -0.4 is 4.90 Å². The van der Waals surface area contributed by atoms with E-state index < -0.39 is 21.6 Å². The second-order valence-electron chi connectivity index (χ2n) is 8.36. The number of aromatic nitrogens is 2. The summed E-state index contributed by atoms with van der Waals surface area (Å²) in [5.74, 6) is 0.420. The van der Waals surface area contributed by atoms with Crippen molar-refractivity contribution < 1.29 is 26.3 Å². The van der Waals surface area contributed by atoms with E-state index in [0.29, 0.717) is 42.0 Å². The lowest BCUT2D eigenvalue weighted by molar-refractivity contribution is -0.0492. The molecule has 1 aromatic carbocycles. The van der Waals surface area contributed by atoms with E-state index in [1.165, 1.54) is 0 Å². The summed E-state index contributed by atoms with van der Waals surface area (Å²) in [6.07, 6.45) is 6.43. The number of imidazole rings is 1. The molecule has 1 aromatic heterocycles. The Morgan fingerprint density at radius 2 is 1.91 bits per heavy atom. The number of para-hydroxylation sites is 1. The van der Waals surface area contributed by atoms with E-state index >= 15 is 0 Å². The first-order valence-electron chi connectivity index (χ1n) is 10.7. The summed E-state index contributed by atoms with van der Waals surface area (Å²) < 4.78 is 71.2. The summed E-state index contributed by atoms with van der Waals surface area (Å²) in [6.45, 7) is 1.23. The van der Waals surface area contributed by atoms with Gasteiger partial charge in [0, 0.05) is 44.2 Å². The number of nitrogens with one attached hydrogen (secondary N) is 1. The van der Waals surface area contributed by atoms with Crippen molar-refractivity contribution in [2.45, 2.75) is 50.3 Å². The molecule has 2 aromatic rings. The summed E-state index contributed by atoms with van der Waals surface area (Å²) in [5, 5.41) is 0. The van der Waals surface area contributed by atoms with Crippen molar-refractivity contribution in [2.75, 3.05) is 24.7 Å². The molecule has 3 heterocycles. The van der Waals surface area contributed by atoms with E-state index in [1.807, 2.05) is 17.0 Å². The molecule has 0 aliphatic carbocycles. The molecule has 176 valence electrons. The van der Waals surface area contributed by atoms with Crippen LogP contribution in [0.1, 0.15) is 36.9 Å². The van der Waals surface area contributed by atoms with E-state index in [1.54, 1.807) is 24.7 Å². The van der Waals surface area contributed by atoms with Gasteiger partial charge in [-0.3, -0.25) is 0 Å². The Morgan fingerprint density at radius 3 is 2.59 bits per heavy atom. The lowest BCUT2D eigenvalue weighted by atomic mass is 9.92. The van der Waals surface area contributed by atoms with Gasteiger partial charge in [-0.05, 0) is 43.2 Å². The molecule has 7 nitrogen and oxygen atoms in total. The summed E-state index contributed by atoms with van der Waals surface area (Å²) in [7, 11) is -5.46. The minimum absolute atomic E-state index is 0.228. The molecule has 4 rings (SSSR count). The number of aromatic amines is 1. The van der Waals surface area contributed by atoms with Gasteiger partial charge in [0.25, 0.3) is 0 Å². The average Bonchev–Trinajstić information content (AvgIpc) is 3.22. The number of nitrogens with zero attached hydrogens (tertiary/aromatic N) is 3. The lowest BCUT2D eigenvalue weighted by Crippen LogP contribution is -2.47. The van der Waals surface area contributed by atoms with Gasteiger partial charge < -0.3 is 14.6 Å². The Hall–Kier alpha value is -2.11. The number of ether oxygens (including phenoxy) is 1. The number of benzene rings is 1. The van der Waals surface area contributed by atoms with Crippen molar-refractivity contribution in [2.24, 2.45) is 5.92 Å². The second-order valence-corrected chi connectivity index (χ2v) is 10.3. The maximum Gasteiger partial charge on any atom is 0.511 e. The fourth-order valence-electron chi connectivity index (χ4n) is 4.52. The standard InChI is InChI=1S/C21H27F3N4O3S/c22-21(23,24)32(29,30)27-12-17-3-1-2-4-20(17)28(13-18-11-25-15-26-18)19(14-27)6-5-16-7-9-31-10-8-16/h1-4,11,15-16,19H,5-10,12-14H2,(H,25,26)/t19-/m0/s1. The quantitative estimate of drug-likeness (QED) is 0.694. The van der Waals surface area contributed by atoms with E-state index in [-0.39, 0.29) is 13.1 Å². The van der Waals surface area contributed by atoms with Crippen LogP contribution in [-0.4, -0.2) is 54.0 Å². The highest BCUT2D eigenvalue weighted by Crippen LogP contribution is 2.36. The van der Waals surface area contributed by atoms with E-state index in [9.17, 15) is 21.6 Å². The first kappa shape index (κ1) is 23.1. The van der Waals surface area contributed by atoms with Crippen LogP contribution in [0.4, 0.5) is 18.9 Å². The molecule has 0 amide bonds. The largest absolute Gasteiger partial charge is 0.511 e. The average molecular weight is 473 g/mol. The maximum absolute atomic E-state index is 13.5. The molecule has 0 unspecified atom stereocenters. The van der Waals surface area contributed by atoms with E-state index in [2.05, 4.69) is 9.97 Å². The molecule has 11 heteroatoms. The van der Waals surface area contributed by atoms with Crippen molar-refractivity contribution in [1.82, 2.24) is 14.3 Å². The zero-order valence-corrected chi connectivity index (χ0v) is 18.4. The van der Waals surface area contributed by atoms with Crippen LogP contribution in [0, 0.1) is 5.92 Å². The van der Waals surface area contributed by atoms with Crippen LogP contribution in [0.25, 0.3) is 0 Å². The van der Waals surface area contributed by atoms with Crippen LogP contribution >= 0.6 is 0 Å². The minimum atomic E-state index is -5.46. The molecule has 1 fully saturated rings. The van der Waals surface area contributed by atoms with Crippen LogP contribution in [0.2, 0.25) is 0 Å². The maximum atomic E-state index is 13.5. The molecule has 0 radical (unpaired) electrons. The van der Waals surface area contributed by atoms with Crippen molar-refractivity contribution in [3.05, 3.63) is 48.0 Å². The second kappa shape index (κ2) is 9.40. The van der Waals surface area contributed by atoms with E-state index in [4.69, 9.17) is 4.74 Å². The summed E-state index contributed by atoms with van der Waals surface area (Å²) in [4.78, 5) is 9.12. The predicted molar refractivity (Wildman–Crippen MR) is 113 cm³/mol. The van der Waals surface area contributed by atoms with Gasteiger partial charge in [0.1, 0.15) is 0 Å².